The van der Waals surface area contributed by atoms with Crippen molar-refractivity contribution in [3.05, 3.63) is 59.4 Å². The Kier molecular flexibility index (Phi) is 4.90. The van der Waals surface area contributed by atoms with E-state index in [9.17, 15) is 9.18 Å². The molecule has 0 aromatic heterocycles. The van der Waals surface area contributed by atoms with Gasteiger partial charge in [-0.3, -0.25) is 4.79 Å². The summed E-state index contributed by atoms with van der Waals surface area (Å²) in [5.74, 6) is -0.170. The second kappa shape index (κ2) is 6.85. The van der Waals surface area contributed by atoms with E-state index >= 15 is 0 Å². The number of hydrogen-bond donors (Lipinski definition) is 2. The summed E-state index contributed by atoms with van der Waals surface area (Å²) in [6.45, 7) is 0.256. The van der Waals surface area contributed by atoms with E-state index in [1.807, 2.05) is 12.1 Å². The van der Waals surface area contributed by atoms with Gasteiger partial charge in [-0.1, -0.05) is 24.3 Å². The smallest absolute Gasteiger partial charge is 0.229 e. The minimum Gasteiger partial charge on any atom is -0.496 e. The number of para-hydroxylation sites is 1. The first-order valence-electron chi connectivity index (χ1n) is 6.54. The molecule has 0 heterocycles. The lowest BCUT2D eigenvalue weighted by Crippen LogP contribution is -2.16. The van der Waals surface area contributed by atoms with Gasteiger partial charge in [0.25, 0.3) is 0 Å². The van der Waals surface area contributed by atoms with Gasteiger partial charge in [0, 0.05) is 12.1 Å². The third kappa shape index (κ3) is 3.79. The summed E-state index contributed by atoms with van der Waals surface area (Å²) < 4.78 is 19.0. The Morgan fingerprint density at radius 2 is 2.05 bits per heavy atom. The van der Waals surface area contributed by atoms with E-state index in [4.69, 9.17) is 10.5 Å². The molecular weight excluding hydrogens is 271 g/mol. The molecule has 4 nitrogen and oxygen atoms in total. The van der Waals surface area contributed by atoms with Gasteiger partial charge in [0.15, 0.2) is 0 Å². The van der Waals surface area contributed by atoms with Crippen LogP contribution in [0.4, 0.5) is 10.1 Å². The van der Waals surface area contributed by atoms with Crippen LogP contribution < -0.4 is 15.8 Å². The maximum Gasteiger partial charge on any atom is 0.229 e. The summed E-state index contributed by atoms with van der Waals surface area (Å²) in [6.07, 6.45) is 0.113. The summed E-state index contributed by atoms with van der Waals surface area (Å²) in [7, 11) is 1.54. The van der Waals surface area contributed by atoms with Crippen LogP contribution in [-0.4, -0.2) is 13.0 Å². The third-order valence-corrected chi connectivity index (χ3v) is 3.09. The number of carbonyl (C=O) groups is 1. The van der Waals surface area contributed by atoms with Crippen molar-refractivity contribution < 1.29 is 13.9 Å². The quantitative estimate of drug-likeness (QED) is 0.888. The highest BCUT2D eigenvalue weighted by Gasteiger charge is 2.11. The van der Waals surface area contributed by atoms with Crippen molar-refractivity contribution >= 4 is 11.6 Å². The zero-order chi connectivity index (χ0) is 15.2. The first-order chi connectivity index (χ1) is 10.1. The van der Waals surface area contributed by atoms with E-state index < -0.39 is 5.82 Å². The number of rotatable bonds is 5. The number of methoxy groups -OCH3 is 1. The highest BCUT2D eigenvalue weighted by molar-refractivity contribution is 5.92. The van der Waals surface area contributed by atoms with E-state index in [1.54, 1.807) is 25.3 Å². The van der Waals surface area contributed by atoms with Crippen LogP contribution >= 0.6 is 0 Å². The van der Waals surface area contributed by atoms with Crippen molar-refractivity contribution in [3.63, 3.8) is 0 Å². The monoisotopic (exact) mass is 288 g/mol. The number of halogens is 1. The summed E-state index contributed by atoms with van der Waals surface area (Å²) >= 11 is 0. The molecule has 2 aromatic rings. The molecule has 110 valence electrons. The van der Waals surface area contributed by atoms with Crippen molar-refractivity contribution in [3.8, 4) is 5.75 Å². The molecule has 2 aromatic carbocycles. The number of nitrogens with two attached hydrogens (primary N) is 1. The standard InChI is InChI=1S/C16H17FN2O2/c1-21-15-5-3-2-4-12(15)9-16(20)19-14-7-6-11(10-18)8-13(14)17/h2-8H,9-10,18H2,1H3,(H,19,20). The number of ether oxygens (including phenoxy) is 1. The number of benzene rings is 2. The Hall–Kier alpha value is -2.40. The average Bonchev–Trinajstić information content (AvgIpc) is 2.49. The van der Waals surface area contributed by atoms with Crippen molar-refractivity contribution in [1.82, 2.24) is 0 Å². The molecule has 0 atom stereocenters. The zero-order valence-electron chi connectivity index (χ0n) is 11.7. The van der Waals surface area contributed by atoms with Gasteiger partial charge >= 0.3 is 0 Å². The molecule has 1 amide bonds. The number of anilines is 1. The van der Waals surface area contributed by atoms with Gasteiger partial charge in [0.05, 0.1) is 19.2 Å². The average molecular weight is 288 g/mol. The van der Waals surface area contributed by atoms with E-state index in [0.29, 0.717) is 11.3 Å². The van der Waals surface area contributed by atoms with E-state index in [0.717, 1.165) is 5.56 Å². The van der Waals surface area contributed by atoms with E-state index in [2.05, 4.69) is 5.32 Å². The Bertz CT molecular complexity index is 644. The molecule has 0 fully saturated rings. The molecule has 5 heteroatoms. The summed E-state index contributed by atoms with van der Waals surface area (Å²) in [5, 5.41) is 2.55. The normalized spacial score (nSPS) is 10.2. The Labute approximate surface area is 122 Å². The Morgan fingerprint density at radius 3 is 2.71 bits per heavy atom. The van der Waals surface area contributed by atoms with Gasteiger partial charge in [0.2, 0.25) is 5.91 Å². The van der Waals surface area contributed by atoms with Crippen molar-refractivity contribution in [2.24, 2.45) is 5.73 Å². The molecule has 0 aliphatic heterocycles. The first kappa shape index (κ1) is 15.0. The third-order valence-electron chi connectivity index (χ3n) is 3.09. The predicted molar refractivity (Wildman–Crippen MR) is 79.6 cm³/mol. The number of amides is 1. The van der Waals surface area contributed by atoms with Crippen LogP contribution in [0.25, 0.3) is 0 Å². The van der Waals surface area contributed by atoms with Crippen molar-refractivity contribution in [2.75, 3.05) is 12.4 Å². The number of nitrogens with one attached hydrogen (secondary N) is 1. The van der Waals surface area contributed by atoms with Crippen LogP contribution in [0.3, 0.4) is 0 Å². The molecule has 2 rings (SSSR count). The fourth-order valence-electron chi connectivity index (χ4n) is 2.00. The highest BCUT2D eigenvalue weighted by Crippen LogP contribution is 2.20. The lowest BCUT2D eigenvalue weighted by atomic mass is 10.1. The molecule has 0 unspecified atom stereocenters. The zero-order valence-corrected chi connectivity index (χ0v) is 11.7. The van der Waals surface area contributed by atoms with Gasteiger partial charge < -0.3 is 15.8 Å². The first-order valence-corrected chi connectivity index (χ1v) is 6.54. The van der Waals surface area contributed by atoms with Crippen LogP contribution in [0, 0.1) is 5.82 Å². The molecule has 3 N–H and O–H groups in total. The minimum absolute atomic E-state index is 0.113. The molecule has 21 heavy (non-hydrogen) atoms. The van der Waals surface area contributed by atoms with Crippen LogP contribution in [0.15, 0.2) is 42.5 Å². The van der Waals surface area contributed by atoms with Crippen LogP contribution in [0.2, 0.25) is 0 Å². The minimum atomic E-state index is -0.494. The Morgan fingerprint density at radius 1 is 1.29 bits per heavy atom. The Balaban J connectivity index is 2.08. The predicted octanol–water partition coefficient (Wildman–Crippen LogP) is 2.47. The molecule has 0 spiro atoms. The SMILES string of the molecule is COc1ccccc1CC(=O)Nc1ccc(CN)cc1F. The fourth-order valence-corrected chi connectivity index (χ4v) is 2.00. The molecule has 0 saturated heterocycles. The topological polar surface area (TPSA) is 64.3 Å². The van der Waals surface area contributed by atoms with Crippen LogP contribution in [0.1, 0.15) is 11.1 Å². The highest BCUT2D eigenvalue weighted by atomic mass is 19.1. The largest absolute Gasteiger partial charge is 0.496 e. The van der Waals surface area contributed by atoms with Crippen molar-refractivity contribution in [1.29, 1.82) is 0 Å². The van der Waals surface area contributed by atoms with Gasteiger partial charge in [-0.05, 0) is 23.8 Å². The maximum atomic E-state index is 13.8. The molecule has 0 radical (unpaired) electrons. The lowest BCUT2D eigenvalue weighted by molar-refractivity contribution is -0.115. The van der Waals surface area contributed by atoms with Crippen LogP contribution in [-0.2, 0) is 17.8 Å². The summed E-state index contributed by atoms with van der Waals surface area (Å²) in [6, 6.07) is 11.7. The fraction of sp³-hybridized carbons (Fsp3) is 0.188. The maximum absolute atomic E-state index is 13.8. The van der Waals surface area contributed by atoms with Gasteiger partial charge in [-0.25, -0.2) is 4.39 Å². The van der Waals surface area contributed by atoms with Gasteiger partial charge in [0.1, 0.15) is 11.6 Å². The summed E-state index contributed by atoms with van der Waals surface area (Å²) in [5.41, 5.74) is 7.00. The molecular formula is C16H17FN2O2. The second-order valence-electron chi connectivity index (χ2n) is 4.56. The van der Waals surface area contributed by atoms with Gasteiger partial charge in [-0.2, -0.15) is 0 Å². The van der Waals surface area contributed by atoms with E-state index in [1.165, 1.54) is 12.1 Å². The number of carbonyl (C=O) groups excluding carboxylic acids is 1. The van der Waals surface area contributed by atoms with Gasteiger partial charge in [-0.15, -0.1) is 0 Å². The molecule has 0 saturated carbocycles. The lowest BCUT2D eigenvalue weighted by Gasteiger charge is -2.10. The van der Waals surface area contributed by atoms with E-state index in [-0.39, 0.29) is 24.6 Å². The molecule has 0 aliphatic carbocycles. The van der Waals surface area contributed by atoms with Crippen LogP contribution in [0.5, 0.6) is 5.75 Å². The summed E-state index contributed by atoms with van der Waals surface area (Å²) in [4.78, 5) is 12.0. The molecule has 0 bridgehead atoms. The van der Waals surface area contributed by atoms with Crippen molar-refractivity contribution in [2.45, 2.75) is 13.0 Å². The second-order valence-corrected chi connectivity index (χ2v) is 4.56. The molecule has 0 aliphatic rings. The number of hydrogen-bond acceptors (Lipinski definition) is 3.